The molecule has 8 heteroatoms. The molecule has 1 aliphatic carbocycles. The topological polar surface area (TPSA) is 98.6 Å². The van der Waals surface area contributed by atoms with E-state index in [0.717, 1.165) is 29.5 Å². The largest absolute Gasteiger partial charge is 0.431 e. The molecule has 5 N–H and O–H groups in total. The first-order valence-electron chi connectivity index (χ1n) is 8.58. The van der Waals surface area contributed by atoms with Gasteiger partial charge in [0.05, 0.1) is 11.2 Å². The van der Waals surface area contributed by atoms with Gasteiger partial charge < -0.3 is 21.9 Å². The van der Waals surface area contributed by atoms with Crippen molar-refractivity contribution in [2.75, 3.05) is 12.4 Å². The highest BCUT2D eigenvalue weighted by atomic mass is 19.4. The van der Waals surface area contributed by atoms with Crippen LogP contribution in [0.5, 0.6) is 0 Å². The maximum atomic E-state index is 13.2. The zero-order valence-electron chi connectivity index (χ0n) is 14.8. The summed E-state index contributed by atoms with van der Waals surface area (Å²) in [6.07, 6.45) is 0.124. The second kappa shape index (κ2) is 7.02. The molecule has 2 aromatic rings. The Kier molecular flexibility index (Phi) is 4.91. The van der Waals surface area contributed by atoms with Crippen LogP contribution in [0.4, 0.5) is 18.9 Å². The number of hydrogen-bond acceptors (Lipinski definition) is 5. The molecule has 142 valence electrons. The van der Waals surface area contributed by atoms with Crippen LogP contribution in [0, 0.1) is 10.8 Å². The molecule has 0 saturated heterocycles. The second-order valence-corrected chi connectivity index (χ2v) is 6.41. The Hall–Kier alpha value is -2.90. The molecule has 27 heavy (non-hydrogen) atoms. The van der Waals surface area contributed by atoms with Gasteiger partial charge in [-0.25, -0.2) is 4.98 Å². The molecule has 0 amide bonds. The molecular weight excluding hydrogens is 355 g/mol. The van der Waals surface area contributed by atoms with Crippen LogP contribution < -0.4 is 11.1 Å². The summed E-state index contributed by atoms with van der Waals surface area (Å²) in [6, 6.07) is 3.47. The van der Waals surface area contributed by atoms with Crippen molar-refractivity contribution < 1.29 is 13.2 Å². The fourth-order valence-corrected chi connectivity index (χ4v) is 3.67. The van der Waals surface area contributed by atoms with Crippen LogP contribution >= 0.6 is 0 Å². The molecule has 0 saturated carbocycles. The second-order valence-electron chi connectivity index (χ2n) is 6.41. The quantitative estimate of drug-likeness (QED) is 0.607. The molecule has 0 fully saturated rings. The Morgan fingerprint density at radius 1 is 1.19 bits per heavy atom. The predicted molar refractivity (Wildman–Crippen MR) is 102 cm³/mol. The number of aryl methyl sites for hydroxylation is 1. The van der Waals surface area contributed by atoms with Crippen LogP contribution in [0.2, 0.25) is 0 Å². The fraction of sp³-hybridized carbons (Fsp3) is 0.316. The van der Waals surface area contributed by atoms with E-state index in [9.17, 15) is 13.2 Å². The van der Waals surface area contributed by atoms with Gasteiger partial charge in [0.15, 0.2) is 0 Å². The summed E-state index contributed by atoms with van der Waals surface area (Å²) in [7, 11) is 1.75. The zero-order valence-corrected chi connectivity index (χ0v) is 14.8. The van der Waals surface area contributed by atoms with Crippen molar-refractivity contribution in [1.82, 2.24) is 4.98 Å². The Balaban J connectivity index is 2.44. The van der Waals surface area contributed by atoms with Crippen molar-refractivity contribution in [2.24, 2.45) is 5.73 Å². The number of nitrogens with zero attached hydrogens (tertiary/aromatic N) is 1. The molecule has 0 unspecified atom stereocenters. The number of nitrogens with two attached hydrogens (primary N) is 1. The van der Waals surface area contributed by atoms with Crippen molar-refractivity contribution in [1.29, 1.82) is 10.8 Å². The zero-order chi connectivity index (χ0) is 19.8. The Morgan fingerprint density at radius 3 is 2.41 bits per heavy atom. The number of rotatable bonds is 4. The van der Waals surface area contributed by atoms with Gasteiger partial charge in [0.2, 0.25) is 0 Å². The highest BCUT2D eigenvalue weighted by Gasteiger charge is 2.35. The predicted octanol–water partition coefficient (Wildman–Crippen LogP) is 4.03. The lowest BCUT2D eigenvalue weighted by molar-refractivity contribution is -0.0919. The SMILES string of the molecule is CNc1ccc2nc(C(C=N)=C(N)C(F)(F)F)c3c(c2c1C=N)CCCC3. The molecule has 1 aromatic heterocycles. The molecule has 0 spiro atoms. The Morgan fingerprint density at radius 2 is 1.85 bits per heavy atom. The molecule has 5 nitrogen and oxygen atoms in total. The number of nitrogens with one attached hydrogen (secondary N) is 3. The van der Waals surface area contributed by atoms with Crippen molar-refractivity contribution in [2.45, 2.75) is 31.9 Å². The van der Waals surface area contributed by atoms with Gasteiger partial charge in [0.25, 0.3) is 0 Å². The number of hydrogen-bond donors (Lipinski definition) is 4. The number of alkyl halides is 3. The first-order valence-corrected chi connectivity index (χ1v) is 8.58. The third kappa shape index (κ3) is 3.15. The lowest BCUT2D eigenvalue weighted by Crippen LogP contribution is -2.23. The summed E-state index contributed by atoms with van der Waals surface area (Å²) in [5.74, 6) is 0. The minimum atomic E-state index is -4.73. The van der Waals surface area contributed by atoms with Gasteiger partial charge >= 0.3 is 6.18 Å². The van der Waals surface area contributed by atoms with E-state index in [-0.39, 0.29) is 5.69 Å². The van der Waals surface area contributed by atoms with E-state index >= 15 is 0 Å². The first-order chi connectivity index (χ1) is 12.8. The lowest BCUT2D eigenvalue weighted by atomic mass is 9.84. The van der Waals surface area contributed by atoms with Crippen LogP contribution in [-0.4, -0.2) is 30.6 Å². The van der Waals surface area contributed by atoms with E-state index in [1.807, 2.05) is 0 Å². The van der Waals surface area contributed by atoms with E-state index in [4.69, 9.17) is 16.6 Å². The summed E-state index contributed by atoms with van der Waals surface area (Å²) >= 11 is 0. The average Bonchev–Trinajstić information content (AvgIpc) is 2.66. The van der Waals surface area contributed by atoms with Crippen molar-refractivity contribution >= 4 is 34.6 Å². The van der Waals surface area contributed by atoms with E-state index < -0.39 is 17.4 Å². The number of anilines is 1. The number of pyridine rings is 1. The highest BCUT2D eigenvalue weighted by Crippen LogP contribution is 2.37. The van der Waals surface area contributed by atoms with Crippen molar-refractivity contribution in [3.05, 3.63) is 40.2 Å². The molecule has 0 radical (unpaired) electrons. The van der Waals surface area contributed by atoms with E-state index in [1.165, 1.54) is 6.21 Å². The summed E-state index contributed by atoms with van der Waals surface area (Å²) < 4.78 is 39.5. The molecule has 3 rings (SSSR count). The van der Waals surface area contributed by atoms with Crippen LogP contribution in [0.1, 0.15) is 35.2 Å². The third-order valence-electron chi connectivity index (χ3n) is 4.92. The number of aromatic nitrogens is 1. The minimum Gasteiger partial charge on any atom is -0.394 e. The summed E-state index contributed by atoms with van der Waals surface area (Å²) in [5, 5.41) is 19.2. The Bertz CT molecular complexity index is 960. The van der Waals surface area contributed by atoms with Gasteiger partial charge in [-0.2, -0.15) is 13.2 Å². The highest BCUT2D eigenvalue weighted by molar-refractivity contribution is 6.12. The minimum absolute atomic E-state index is 0.121. The summed E-state index contributed by atoms with van der Waals surface area (Å²) in [5.41, 5.74) is 7.25. The smallest absolute Gasteiger partial charge is 0.394 e. The van der Waals surface area contributed by atoms with Gasteiger partial charge in [0, 0.05) is 41.7 Å². The number of fused-ring (bicyclic) bond motifs is 3. The van der Waals surface area contributed by atoms with Gasteiger partial charge in [0.1, 0.15) is 5.70 Å². The normalized spacial score (nSPS) is 15.1. The molecule has 1 aliphatic rings. The van der Waals surface area contributed by atoms with Gasteiger partial charge in [-0.05, 0) is 48.9 Å². The van der Waals surface area contributed by atoms with Gasteiger partial charge in [-0.15, -0.1) is 0 Å². The van der Waals surface area contributed by atoms with E-state index in [0.29, 0.717) is 35.7 Å². The van der Waals surface area contributed by atoms with Gasteiger partial charge in [-0.1, -0.05) is 0 Å². The van der Waals surface area contributed by atoms with E-state index in [2.05, 4.69) is 10.3 Å². The fourth-order valence-electron chi connectivity index (χ4n) is 3.67. The van der Waals surface area contributed by atoms with Crippen LogP contribution in [0.25, 0.3) is 16.5 Å². The summed E-state index contributed by atoms with van der Waals surface area (Å²) in [6.45, 7) is 0. The standard InChI is InChI=1S/C19H20F3N5/c1-26-14-6-7-15-16(12(14)8-23)10-4-2-3-5-11(10)17(27-15)13(9-24)18(25)19(20,21)22/h6-9,23-24,26H,2-5,25H2,1H3. The van der Waals surface area contributed by atoms with Crippen LogP contribution in [-0.2, 0) is 12.8 Å². The van der Waals surface area contributed by atoms with Crippen LogP contribution in [0.3, 0.4) is 0 Å². The molecule has 0 aliphatic heterocycles. The maximum absolute atomic E-state index is 13.2. The monoisotopic (exact) mass is 375 g/mol. The third-order valence-corrected chi connectivity index (χ3v) is 4.92. The molecule has 1 heterocycles. The molecule has 0 bridgehead atoms. The number of benzene rings is 1. The molecular formula is C19H20F3N5. The van der Waals surface area contributed by atoms with E-state index in [1.54, 1.807) is 19.2 Å². The first kappa shape index (κ1) is 18.9. The maximum Gasteiger partial charge on any atom is 0.431 e. The molecule has 1 aromatic carbocycles. The van der Waals surface area contributed by atoms with Crippen LogP contribution in [0.15, 0.2) is 17.8 Å². The number of allylic oxidation sites excluding steroid dienone is 2. The van der Waals surface area contributed by atoms with Gasteiger partial charge in [-0.3, -0.25) is 0 Å². The molecule has 0 atom stereocenters. The average molecular weight is 375 g/mol. The Labute approximate surface area is 154 Å². The number of halogens is 3. The lowest BCUT2D eigenvalue weighted by Gasteiger charge is -2.24. The van der Waals surface area contributed by atoms with Crippen molar-refractivity contribution in [3.8, 4) is 0 Å². The summed E-state index contributed by atoms with van der Waals surface area (Å²) in [4.78, 5) is 4.46. The van der Waals surface area contributed by atoms with Crippen molar-refractivity contribution in [3.63, 3.8) is 0 Å².